The smallest absolute Gasteiger partial charge is 0.407 e. The van der Waals surface area contributed by atoms with Crippen molar-refractivity contribution in [1.82, 2.24) is 10.6 Å². The molecular weight excluding hydrogens is 420 g/mol. The molecule has 7 nitrogen and oxygen atoms in total. The SMILES string of the molecule is C[C@@H](CC(=O)NC1C=CCC(C(=O)O)C1)NC(=O)OCC1c2ccccc2-c2ccccc21. The lowest BCUT2D eigenvalue weighted by Crippen LogP contribution is -2.42. The molecule has 33 heavy (non-hydrogen) atoms. The summed E-state index contributed by atoms with van der Waals surface area (Å²) in [5.41, 5.74) is 4.60. The lowest BCUT2D eigenvalue weighted by atomic mass is 9.91. The van der Waals surface area contributed by atoms with Crippen LogP contribution < -0.4 is 10.6 Å². The van der Waals surface area contributed by atoms with Gasteiger partial charge in [-0.05, 0) is 42.0 Å². The van der Waals surface area contributed by atoms with Gasteiger partial charge in [0.05, 0.1) is 5.92 Å². The van der Waals surface area contributed by atoms with Crippen molar-refractivity contribution >= 4 is 18.0 Å². The van der Waals surface area contributed by atoms with E-state index in [9.17, 15) is 14.4 Å². The maximum atomic E-state index is 12.4. The van der Waals surface area contributed by atoms with Crippen LogP contribution in [-0.4, -0.2) is 41.8 Å². The van der Waals surface area contributed by atoms with E-state index in [2.05, 4.69) is 34.9 Å². The zero-order valence-electron chi connectivity index (χ0n) is 18.5. The predicted molar refractivity (Wildman–Crippen MR) is 124 cm³/mol. The van der Waals surface area contributed by atoms with Crippen molar-refractivity contribution in [1.29, 1.82) is 0 Å². The summed E-state index contributed by atoms with van der Waals surface area (Å²) in [5, 5.41) is 14.7. The molecule has 172 valence electrons. The number of fused-ring (bicyclic) bond motifs is 3. The molecule has 0 saturated heterocycles. The first-order valence-corrected chi connectivity index (χ1v) is 11.2. The molecule has 2 unspecified atom stereocenters. The van der Waals surface area contributed by atoms with Crippen LogP contribution in [0.15, 0.2) is 60.7 Å². The van der Waals surface area contributed by atoms with Crippen LogP contribution in [0.25, 0.3) is 11.1 Å². The first kappa shape index (κ1) is 22.6. The summed E-state index contributed by atoms with van der Waals surface area (Å²) in [5.74, 6) is -1.62. The van der Waals surface area contributed by atoms with Crippen molar-refractivity contribution in [2.75, 3.05) is 6.61 Å². The summed E-state index contributed by atoms with van der Waals surface area (Å²) in [6, 6.07) is 15.5. The van der Waals surface area contributed by atoms with Gasteiger partial charge in [-0.1, -0.05) is 60.7 Å². The minimum absolute atomic E-state index is 0.0259. The number of carboxylic acids is 1. The van der Waals surface area contributed by atoms with Crippen LogP contribution in [0.1, 0.15) is 43.2 Å². The van der Waals surface area contributed by atoms with E-state index in [4.69, 9.17) is 9.84 Å². The van der Waals surface area contributed by atoms with Crippen molar-refractivity contribution in [3.8, 4) is 11.1 Å². The van der Waals surface area contributed by atoms with Crippen LogP contribution in [0.3, 0.4) is 0 Å². The molecule has 3 atom stereocenters. The Kier molecular flexibility index (Phi) is 6.77. The van der Waals surface area contributed by atoms with E-state index in [0.29, 0.717) is 12.8 Å². The van der Waals surface area contributed by atoms with Gasteiger partial charge in [-0.2, -0.15) is 0 Å². The molecule has 0 fully saturated rings. The van der Waals surface area contributed by atoms with Gasteiger partial charge < -0.3 is 20.5 Å². The Hall–Kier alpha value is -3.61. The van der Waals surface area contributed by atoms with Gasteiger partial charge in [-0.3, -0.25) is 9.59 Å². The highest BCUT2D eigenvalue weighted by atomic mass is 16.5. The molecule has 2 aromatic carbocycles. The number of ether oxygens (including phenoxy) is 1. The lowest BCUT2D eigenvalue weighted by Gasteiger charge is -2.23. The Labute approximate surface area is 192 Å². The second-order valence-corrected chi connectivity index (χ2v) is 8.68. The summed E-state index contributed by atoms with van der Waals surface area (Å²) < 4.78 is 5.52. The van der Waals surface area contributed by atoms with Gasteiger partial charge in [0.15, 0.2) is 0 Å². The molecule has 4 rings (SSSR count). The van der Waals surface area contributed by atoms with Crippen molar-refractivity contribution in [2.45, 2.75) is 44.2 Å². The maximum absolute atomic E-state index is 12.4. The maximum Gasteiger partial charge on any atom is 0.407 e. The molecule has 0 saturated carbocycles. The largest absolute Gasteiger partial charge is 0.481 e. The number of nitrogens with one attached hydrogen (secondary N) is 2. The number of hydrogen-bond donors (Lipinski definition) is 3. The molecule has 3 N–H and O–H groups in total. The Morgan fingerprint density at radius 1 is 1.06 bits per heavy atom. The third kappa shape index (κ3) is 5.25. The van der Waals surface area contributed by atoms with E-state index in [-0.39, 0.29) is 30.9 Å². The molecule has 0 bridgehead atoms. The van der Waals surface area contributed by atoms with Crippen molar-refractivity contribution < 1.29 is 24.2 Å². The summed E-state index contributed by atoms with van der Waals surface area (Å²) in [6.07, 6.45) is 3.95. The predicted octanol–water partition coefficient (Wildman–Crippen LogP) is 3.84. The molecule has 0 aliphatic heterocycles. The van der Waals surface area contributed by atoms with Gasteiger partial charge in [0.2, 0.25) is 5.91 Å². The molecule has 2 amide bonds. The molecule has 0 radical (unpaired) electrons. The average molecular weight is 449 g/mol. The van der Waals surface area contributed by atoms with E-state index in [1.807, 2.05) is 30.3 Å². The van der Waals surface area contributed by atoms with Crippen LogP contribution in [-0.2, 0) is 14.3 Å². The highest BCUT2D eigenvalue weighted by Gasteiger charge is 2.29. The number of benzene rings is 2. The number of amides is 2. The second kappa shape index (κ2) is 9.90. The van der Waals surface area contributed by atoms with Gasteiger partial charge in [0.1, 0.15) is 6.61 Å². The van der Waals surface area contributed by atoms with E-state index < -0.39 is 24.0 Å². The van der Waals surface area contributed by atoms with Crippen LogP contribution in [0, 0.1) is 5.92 Å². The topological polar surface area (TPSA) is 105 Å². The number of alkyl carbamates (subject to hydrolysis) is 1. The van der Waals surface area contributed by atoms with Gasteiger partial charge in [0, 0.05) is 24.4 Å². The number of carboxylic acid groups (broad SMARTS) is 1. The molecule has 2 aliphatic rings. The number of carbonyl (C=O) groups is 3. The summed E-state index contributed by atoms with van der Waals surface area (Å²) in [6.45, 7) is 1.94. The number of allylic oxidation sites excluding steroid dienone is 1. The Morgan fingerprint density at radius 2 is 1.70 bits per heavy atom. The first-order valence-electron chi connectivity index (χ1n) is 11.2. The van der Waals surface area contributed by atoms with Crippen molar-refractivity contribution in [3.05, 3.63) is 71.8 Å². The standard InChI is InChI=1S/C26H28N2O5/c1-16(13-24(29)28-18-8-6-7-17(14-18)25(30)31)27-26(32)33-15-23-21-11-4-2-9-19(21)20-10-3-5-12-22(20)23/h2-6,8-12,16-18,23H,7,13-15H2,1H3,(H,27,32)(H,28,29)(H,30,31)/t16-,17?,18?/m0/s1. The summed E-state index contributed by atoms with van der Waals surface area (Å²) in [4.78, 5) is 35.9. The number of aliphatic carboxylic acids is 1. The Bertz CT molecular complexity index is 1030. The fourth-order valence-corrected chi connectivity index (χ4v) is 4.63. The number of rotatable bonds is 7. The molecule has 7 heteroatoms. The molecule has 0 aromatic heterocycles. The van der Waals surface area contributed by atoms with Crippen LogP contribution in [0.5, 0.6) is 0 Å². The zero-order valence-corrected chi connectivity index (χ0v) is 18.5. The highest BCUT2D eigenvalue weighted by molar-refractivity contribution is 5.80. The van der Waals surface area contributed by atoms with Crippen LogP contribution in [0.4, 0.5) is 4.79 Å². The summed E-state index contributed by atoms with van der Waals surface area (Å²) >= 11 is 0. The van der Waals surface area contributed by atoms with Crippen molar-refractivity contribution in [3.63, 3.8) is 0 Å². The van der Waals surface area contributed by atoms with E-state index in [1.54, 1.807) is 13.0 Å². The molecule has 0 heterocycles. The minimum atomic E-state index is -0.858. The molecule has 2 aromatic rings. The zero-order chi connectivity index (χ0) is 23.4. The van der Waals surface area contributed by atoms with Gasteiger partial charge in [-0.15, -0.1) is 0 Å². The number of carbonyl (C=O) groups excluding carboxylic acids is 2. The Morgan fingerprint density at radius 3 is 2.33 bits per heavy atom. The van der Waals surface area contributed by atoms with E-state index >= 15 is 0 Å². The fourth-order valence-electron chi connectivity index (χ4n) is 4.63. The van der Waals surface area contributed by atoms with Crippen LogP contribution in [0.2, 0.25) is 0 Å². The quantitative estimate of drug-likeness (QED) is 0.558. The molecule has 2 aliphatic carbocycles. The van der Waals surface area contributed by atoms with E-state index in [0.717, 1.165) is 22.3 Å². The molecular formula is C26H28N2O5. The lowest BCUT2D eigenvalue weighted by molar-refractivity contribution is -0.142. The van der Waals surface area contributed by atoms with Gasteiger partial charge in [-0.25, -0.2) is 4.79 Å². The van der Waals surface area contributed by atoms with Crippen molar-refractivity contribution in [2.24, 2.45) is 5.92 Å². The second-order valence-electron chi connectivity index (χ2n) is 8.68. The Balaban J connectivity index is 1.26. The fraction of sp³-hybridized carbons (Fsp3) is 0.346. The summed E-state index contributed by atoms with van der Waals surface area (Å²) in [7, 11) is 0. The van der Waals surface area contributed by atoms with E-state index in [1.165, 1.54) is 0 Å². The normalized spacial score (nSPS) is 19.8. The highest BCUT2D eigenvalue weighted by Crippen LogP contribution is 2.44. The first-order chi connectivity index (χ1) is 15.9. The average Bonchev–Trinajstić information content (AvgIpc) is 3.11. The van der Waals surface area contributed by atoms with Gasteiger partial charge in [0.25, 0.3) is 0 Å². The third-order valence-electron chi connectivity index (χ3n) is 6.22. The van der Waals surface area contributed by atoms with Gasteiger partial charge >= 0.3 is 12.1 Å². The molecule has 0 spiro atoms. The number of hydrogen-bond acceptors (Lipinski definition) is 4. The third-order valence-corrected chi connectivity index (χ3v) is 6.22. The minimum Gasteiger partial charge on any atom is -0.481 e. The monoisotopic (exact) mass is 448 g/mol. The van der Waals surface area contributed by atoms with Crippen LogP contribution >= 0.6 is 0 Å².